The number of nitrogens with zero attached hydrogens (tertiary/aromatic N) is 1. The first kappa shape index (κ1) is 18.7. The zero-order chi connectivity index (χ0) is 17.3. The minimum absolute atomic E-state index is 0.0696. The number of hydrogen-bond acceptors (Lipinski definition) is 4. The van der Waals surface area contributed by atoms with Gasteiger partial charge in [0.2, 0.25) is 0 Å². The second-order valence-electron chi connectivity index (χ2n) is 7.93. The first-order valence-electron chi connectivity index (χ1n) is 7.73. The average molecular weight is 315 g/mol. The molecule has 1 aliphatic rings. The standard InChI is InChI=1S/C16H29NO5/c1-11(2)15(6,21)9-16(12(18)19)7-8-17(10-16)13(20)22-14(3,4)5/h11,21H,7-10H2,1-6H3,(H,18,19). The Morgan fingerprint density at radius 1 is 1.27 bits per heavy atom. The number of rotatable bonds is 4. The van der Waals surface area contributed by atoms with E-state index in [1.54, 1.807) is 27.7 Å². The van der Waals surface area contributed by atoms with Gasteiger partial charge in [0.25, 0.3) is 0 Å². The van der Waals surface area contributed by atoms with E-state index < -0.39 is 28.7 Å². The topological polar surface area (TPSA) is 87.1 Å². The van der Waals surface area contributed by atoms with Crippen LogP contribution in [0, 0.1) is 11.3 Å². The van der Waals surface area contributed by atoms with Gasteiger partial charge in [0, 0.05) is 13.1 Å². The molecule has 1 aliphatic heterocycles. The zero-order valence-corrected chi connectivity index (χ0v) is 14.5. The third-order valence-corrected chi connectivity index (χ3v) is 4.40. The summed E-state index contributed by atoms with van der Waals surface area (Å²) < 4.78 is 5.30. The molecule has 0 aromatic rings. The Bertz CT molecular complexity index is 438. The number of amides is 1. The number of aliphatic hydroxyl groups is 1. The predicted octanol–water partition coefficient (Wildman–Crippen LogP) is 2.50. The molecule has 1 saturated heterocycles. The molecule has 0 saturated carbocycles. The van der Waals surface area contributed by atoms with E-state index >= 15 is 0 Å². The van der Waals surface area contributed by atoms with E-state index in [1.165, 1.54) is 4.90 Å². The molecule has 1 rings (SSSR count). The van der Waals surface area contributed by atoms with Crippen molar-refractivity contribution in [2.24, 2.45) is 11.3 Å². The van der Waals surface area contributed by atoms with Gasteiger partial charge in [-0.3, -0.25) is 4.79 Å². The van der Waals surface area contributed by atoms with Gasteiger partial charge in [-0.15, -0.1) is 0 Å². The summed E-state index contributed by atoms with van der Waals surface area (Å²) in [6.45, 7) is 11.1. The van der Waals surface area contributed by atoms with Crippen molar-refractivity contribution in [2.75, 3.05) is 13.1 Å². The molecular weight excluding hydrogens is 286 g/mol. The summed E-state index contributed by atoms with van der Waals surface area (Å²) in [5, 5.41) is 20.1. The van der Waals surface area contributed by atoms with E-state index in [1.807, 2.05) is 13.8 Å². The van der Waals surface area contributed by atoms with Crippen LogP contribution in [0.5, 0.6) is 0 Å². The van der Waals surface area contributed by atoms with Crippen LogP contribution in [0.3, 0.4) is 0 Å². The number of aliphatic carboxylic acids is 1. The Hall–Kier alpha value is -1.30. The van der Waals surface area contributed by atoms with Gasteiger partial charge < -0.3 is 19.8 Å². The molecule has 2 N–H and O–H groups in total. The summed E-state index contributed by atoms with van der Waals surface area (Å²) >= 11 is 0. The summed E-state index contributed by atoms with van der Waals surface area (Å²) in [7, 11) is 0. The van der Waals surface area contributed by atoms with Gasteiger partial charge in [0.1, 0.15) is 5.60 Å². The number of carboxylic acid groups (broad SMARTS) is 1. The van der Waals surface area contributed by atoms with Crippen LogP contribution >= 0.6 is 0 Å². The van der Waals surface area contributed by atoms with Crippen molar-refractivity contribution >= 4 is 12.1 Å². The van der Waals surface area contributed by atoms with E-state index in [2.05, 4.69) is 0 Å². The monoisotopic (exact) mass is 315 g/mol. The number of ether oxygens (including phenoxy) is 1. The van der Waals surface area contributed by atoms with Crippen molar-refractivity contribution in [1.82, 2.24) is 4.90 Å². The number of hydrogen-bond donors (Lipinski definition) is 2. The maximum absolute atomic E-state index is 12.1. The Morgan fingerprint density at radius 2 is 1.82 bits per heavy atom. The molecular formula is C16H29NO5. The Kier molecular flexibility index (Phi) is 5.17. The highest BCUT2D eigenvalue weighted by atomic mass is 16.6. The highest BCUT2D eigenvalue weighted by molar-refractivity contribution is 5.78. The third kappa shape index (κ3) is 4.35. The van der Waals surface area contributed by atoms with E-state index in [-0.39, 0.29) is 18.9 Å². The first-order valence-corrected chi connectivity index (χ1v) is 7.73. The molecule has 22 heavy (non-hydrogen) atoms. The molecule has 1 fully saturated rings. The fourth-order valence-corrected chi connectivity index (χ4v) is 2.64. The minimum Gasteiger partial charge on any atom is -0.481 e. The quantitative estimate of drug-likeness (QED) is 0.832. The maximum atomic E-state index is 12.1. The molecule has 6 nitrogen and oxygen atoms in total. The second kappa shape index (κ2) is 6.07. The molecule has 1 amide bonds. The largest absolute Gasteiger partial charge is 0.481 e. The van der Waals surface area contributed by atoms with Gasteiger partial charge in [-0.05, 0) is 46.5 Å². The number of likely N-dealkylation sites (tertiary alicyclic amines) is 1. The summed E-state index contributed by atoms with van der Waals surface area (Å²) in [6.07, 6.45) is -0.0590. The van der Waals surface area contributed by atoms with Crippen molar-refractivity contribution < 1.29 is 24.5 Å². The molecule has 0 bridgehead atoms. The zero-order valence-electron chi connectivity index (χ0n) is 14.5. The Labute approximate surface area is 132 Å². The molecule has 0 aromatic heterocycles. The van der Waals surface area contributed by atoms with Crippen LogP contribution in [0.1, 0.15) is 54.4 Å². The molecule has 2 atom stereocenters. The number of carbonyl (C=O) groups is 2. The van der Waals surface area contributed by atoms with E-state index in [9.17, 15) is 19.8 Å². The van der Waals surface area contributed by atoms with Crippen LogP contribution in [-0.4, -0.2) is 51.5 Å². The first-order chi connectivity index (χ1) is 9.79. The van der Waals surface area contributed by atoms with Crippen molar-refractivity contribution in [3.63, 3.8) is 0 Å². The van der Waals surface area contributed by atoms with Gasteiger partial charge in [-0.1, -0.05) is 13.8 Å². The molecule has 0 spiro atoms. The van der Waals surface area contributed by atoms with Gasteiger partial charge in [0.05, 0.1) is 11.0 Å². The van der Waals surface area contributed by atoms with Crippen molar-refractivity contribution in [2.45, 2.75) is 65.6 Å². The van der Waals surface area contributed by atoms with Gasteiger partial charge in [-0.25, -0.2) is 4.79 Å². The lowest BCUT2D eigenvalue weighted by Gasteiger charge is -2.36. The smallest absolute Gasteiger partial charge is 0.410 e. The molecule has 128 valence electrons. The summed E-state index contributed by atoms with van der Waals surface area (Å²) in [6, 6.07) is 0. The van der Waals surface area contributed by atoms with Crippen molar-refractivity contribution in [1.29, 1.82) is 0 Å². The number of carboxylic acids is 1. The van der Waals surface area contributed by atoms with Gasteiger partial charge in [-0.2, -0.15) is 0 Å². The van der Waals surface area contributed by atoms with Gasteiger partial charge in [0.15, 0.2) is 0 Å². The van der Waals surface area contributed by atoms with E-state index in [0.29, 0.717) is 13.0 Å². The maximum Gasteiger partial charge on any atom is 0.410 e. The molecule has 0 aliphatic carbocycles. The van der Waals surface area contributed by atoms with E-state index in [0.717, 1.165) is 0 Å². The lowest BCUT2D eigenvalue weighted by Crippen LogP contribution is -2.45. The SMILES string of the molecule is CC(C)C(C)(O)CC1(C(=O)O)CCN(C(=O)OC(C)(C)C)C1. The second-order valence-corrected chi connectivity index (χ2v) is 7.93. The summed E-state index contributed by atoms with van der Waals surface area (Å²) in [5.74, 6) is -1.04. The fraction of sp³-hybridized carbons (Fsp3) is 0.875. The fourth-order valence-electron chi connectivity index (χ4n) is 2.64. The van der Waals surface area contributed by atoms with Crippen LogP contribution in [0.4, 0.5) is 4.79 Å². The molecule has 6 heteroatoms. The third-order valence-electron chi connectivity index (χ3n) is 4.40. The lowest BCUT2D eigenvalue weighted by atomic mass is 9.73. The normalized spacial score (nSPS) is 25.2. The number of carbonyl (C=O) groups excluding carboxylic acids is 1. The van der Waals surface area contributed by atoms with Crippen molar-refractivity contribution in [3.05, 3.63) is 0 Å². The van der Waals surface area contributed by atoms with Crippen LogP contribution in [-0.2, 0) is 9.53 Å². The highest BCUT2D eigenvalue weighted by Gasteiger charge is 2.51. The average Bonchev–Trinajstić information content (AvgIpc) is 2.71. The van der Waals surface area contributed by atoms with Crippen LogP contribution in [0.2, 0.25) is 0 Å². The molecule has 2 unspecified atom stereocenters. The Morgan fingerprint density at radius 3 is 2.23 bits per heavy atom. The van der Waals surface area contributed by atoms with Crippen LogP contribution < -0.4 is 0 Å². The Balaban J connectivity index is 2.88. The molecule has 0 aromatic carbocycles. The molecule has 0 radical (unpaired) electrons. The predicted molar refractivity (Wildman–Crippen MR) is 82.6 cm³/mol. The minimum atomic E-state index is -1.12. The van der Waals surface area contributed by atoms with Crippen LogP contribution in [0.25, 0.3) is 0 Å². The highest BCUT2D eigenvalue weighted by Crippen LogP contribution is 2.41. The molecule has 1 heterocycles. The van der Waals surface area contributed by atoms with E-state index in [4.69, 9.17) is 4.74 Å². The lowest BCUT2D eigenvalue weighted by molar-refractivity contribution is -0.153. The van der Waals surface area contributed by atoms with Gasteiger partial charge >= 0.3 is 12.1 Å². The summed E-state index contributed by atoms with van der Waals surface area (Å²) in [5.41, 5.74) is -2.83. The van der Waals surface area contributed by atoms with Crippen LogP contribution in [0.15, 0.2) is 0 Å². The van der Waals surface area contributed by atoms with Crippen molar-refractivity contribution in [3.8, 4) is 0 Å². The summed E-state index contributed by atoms with van der Waals surface area (Å²) in [4.78, 5) is 25.3.